The van der Waals surface area contributed by atoms with Crippen LogP contribution < -0.4 is 19.7 Å². The van der Waals surface area contributed by atoms with Gasteiger partial charge in [-0.25, -0.2) is 0 Å². The third-order valence-corrected chi connectivity index (χ3v) is 9.07. The van der Waals surface area contributed by atoms with E-state index in [-0.39, 0.29) is 23.0 Å². The Bertz CT molecular complexity index is 1830. The predicted molar refractivity (Wildman–Crippen MR) is 165 cm³/mol. The molecule has 1 spiro atoms. The van der Waals surface area contributed by atoms with Crippen molar-refractivity contribution >= 4 is 34.9 Å². The Hall–Kier alpha value is -5.17. The minimum Gasteiger partial charge on any atom is -0.497 e. The van der Waals surface area contributed by atoms with Crippen molar-refractivity contribution in [2.75, 3.05) is 24.4 Å². The highest BCUT2D eigenvalue weighted by molar-refractivity contribution is 6.19. The number of carbonyl (C=O) groups excluding carboxylic acids is 3. The van der Waals surface area contributed by atoms with Crippen molar-refractivity contribution in [1.82, 2.24) is 0 Å². The standard InChI is InChI=1S/C36H30N2O5/c1-21-13-14-22-15-18-30-36(26-11-7-8-12-27(26)37-35(36)41)31(34(40)25-20-24(42-2)16-17-29(25)43-3)32(38(30)28(22)19-21)33(39)23-9-5-4-6-10-23/h4-20,30-32H,1-3H3,(H,37,41)/t30-,31-,32+,36-/m0/s1. The van der Waals surface area contributed by atoms with Crippen molar-refractivity contribution in [2.45, 2.75) is 24.4 Å². The van der Waals surface area contributed by atoms with E-state index in [2.05, 4.69) is 5.32 Å². The summed E-state index contributed by atoms with van der Waals surface area (Å²) in [6, 6.07) is 25.9. The summed E-state index contributed by atoms with van der Waals surface area (Å²) in [4.78, 5) is 46.5. The number of Topliss-reactive ketones (excluding diaryl/α,β-unsaturated/α-hetero) is 2. The molecular weight excluding hydrogens is 540 g/mol. The molecule has 4 aromatic rings. The molecule has 0 unspecified atom stereocenters. The molecule has 0 saturated carbocycles. The minimum atomic E-state index is -1.41. The van der Waals surface area contributed by atoms with Gasteiger partial charge in [-0.15, -0.1) is 0 Å². The van der Waals surface area contributed by atoms with Gasteiger partial charge in [-0.05, 0) is 53.9 Å². The van der Waals surface area contributed by atoms with E-state index >= 15 is 4.79 Å². The molecule has 4 atom stereocenters. The van der Waals surface area contributed by atoms with Crippen LogP contribution in [0.2, 0.25) is 0 Å². The van der Waals surface area contributed by atoms with Crippen molar-refractivity contribution in [3.63, 3.8) is 0 Å². The number of amides is 1. The zero-order valence-corrected chi connectivity index (χ0v) is 24.0. The van der Waals surface area contributed by atoms with Gasteiger partial charge in [-0.2, -0.15) is 0 Å². The van der Waals surface area contributed by atoms with E-state index in [9.17, 15) is 9.59 Å². The normalized spacial score (nSPS) is 22.9. The van der Waals surface area contributed by atoms with Gasteiger partial charge in [0.1, 0.15) is 23.0 Å². The molecular formula is C36H30N2O5. The number of para-hydroxylation sites is 1. The van der Waals surface area contributed by atoms with E-state index < -0.39 is 23.4 Å². The fraction of sp³-hybridized carbons (Fsp3) is 0.194. The lowest BCUT2D eigenvalue weighted by molar-refractivity contribution is -0.121. The van der Waals surface area contributed by atoms with Crippen LogP contribution in [0.1, 0.15) is 37.4 Å². The summed E-state index contributed by atoms with van der Waals surface area (Å²) >= 11 is 0. The van der Waals surface area contributed by atoms with E-state index in [1.807, 2.05) is 84.6 Å². The number of nitrogens with one attached hydrogen (secondary N) is 1. The maximum atomic E-state index is 15.2. The second-order valence-corrected chi connectivity index (χ2v) is 11.2. The van der Waals surface area contributed by atoms with E-state index in [1.165, 1.54) is 14.2 Å². The van der Waals surface area contributed by atoms with Crippen molar-refractivity contribution in [1.29, 1.82) is 0 Å². The molecule has 0 bridgehead atoms. The molecule has 43 heavy (non-hydrogen) atoms. The molecule has 7 heteroatoms. The predicted octanol–water partition coefficient (Wildman–Crippen LogP) is 5.87. The summed E-state index contributed by atoms with van der Waals surface area (Å²) in [6.07, 6.45) is 3.97. The lowest BCUT2D eigenvalue weighted by Gasteiger charge is -2.37. The first-order valence-corrected chi connectivity index (χ1v) is 14.2. The van der Waals surface area contributed by atoms with Gasteiger partial charge < -0.3 is 19.7 Å². The number of carbonyl (C=O) groups is 3. The summed E-state index contributed by atoms with van der Waals surface area (Å²) < 4.78 is 11.1. The van der Waals surface area contributed by atoms with Crippen LogP contribution in [0.5, 0.6) is 11.5 Å². The van der Waals surface area contributed by atoms with Gasteiger partial charge in [0, 0.05) is 16.9 Å². The van der Waals surface area contributed by atoms with Crippen molar-refractivity contribution in [3.8, 4) is 11.5 Å². The smallest absolute Gasteiger partial charge is 0.238 e. The van der Waals surface area contributed by atoms with Gasteiger partial charge in [0.25, 0.3) is 0 Å². The molecule has 3 aliphatic heterocycles. The molecule has 0 aliphatic carbocycles. The zero-order chi connectivity index (χ0) is 29.9. The van der Waals surface area contributed by atoms with Crippen molar-refractivity contribution in [3.05, 3.63) is 125 Å². The summed E-state index contributed by atoms with van der Waals surface area (Å²) in [7, 11) is 3.03. The topological polar surface area (TPSA) is 84.9 Å². The molecule has 1 saturated heterocycles. The average molecular weight is 571 g/mol. The summed E-state index contributed by atoms with van der Waals surface area (Å²) in [6.45, 7) is 1.99. The third-order valence-electron chi connectivity index (χ3n) is 9.07. The van der Waals surface area contributed by atoms with Crippen molar-refractivity contribution in [2.24, 2.45) is 5.92 Å². The molecule has 7 nitrogen and oxygen atoms in total. The number of benzene rings is 4. The average Bonchev–Trinajstić information content (AvgIpc) is 3.52. The molecule has 3 aliphatic rings. The first-order valence-electron chi connectivity index (χ1n) is 14.2. The number of methoxy groups -OCH3 is 2. The summed E-state index contributed by atoms with van der Waals surface area (Å²) in [5.41, 5.74) is 3.38. The largest absolute Gasteiger partial charge is 0.497 e. The Kier molecular flexibility index (Phi) is 6.20. The van der Waals surface area contributed by atoms with Crippen LogP contribution in [0, 0.1) is 12.8 Å². The molecule has 1 N–H and O–H groups in total. The Morgan fingerprint density at radius 3 is 2.40 bits per heavy atom. The quantitative estimate of drug-likeness (QED) is 0.292. The van der Waals surface area contributed by atoms with Gasteiger partial charge in [-0.1, -0.05) is 72.8 Å². The first-order chi connectivity index (χ1) is 20.9. The fourth-order valence-electron chi connectivity index (χ4n) is 7.22. The van der Waals surface area contributed by atoms with Crippen LogP contribution in [-0.2, 0) is 10.2 Å². The van der Waals surface area contributed by atoms with Gasteiger partial charge in [0.15, 0.2) is 11.6 Å². The zero-order valence-electron chi connectivity index (χ0n) is 24.0. The molecule has 214 valence electrons. The van der Waals surface area contributed by atoms with Crippen LogP contribution in [-0.4, -0.2) is 43.8 Å². The molecule has 4 aromatic carbocycles. The maximum absolute atomic E-state index is 15.2. The van der Waals surface area contributed by atoms with E-state index in [0.717, 1.165) is 16.8 Å². The van der Waals surface area contributed by atoms with Crippen LogP contribution in [0.4, 0.5) is 11.4 Å². The van der Waals surface area contributed by atoms with Gasteiger partial charge in [-0.3, -0.25) is 14.4 Å². The van der Waals surface area contributed by atoms with Gasteiger partial charge in [0.05, 0.1) is 31.7 Å². The third kappa shape index (κ3) is 3.77. The number of hydrogen-bond acceptors (Lipinski definition) is 6. The Morgan fingerprint density at radius 1 is 0.860 bits per heavy atom. The number of aryl methyl sites for hydroxylation is 1. The monoisotopic (exact) mass is 570 g/mol. The van der Waals surface area contributed by atoms with E-state index in [0.29, 0.717) is 28.3 Å². The number of hydrogen-bond donors (Lipinski definition) is 1. The molecule has 1 fully saturated rings. The fourth-order valence-corrected chi connectivity index (χ4v) is 7.22. The number of fused-ring (bicyclic) bond motifs is 6. The molecule has 7 rings (SSSR count). The molecule has 0 radical (unpaired) electrons. The van der Waals surface area contributed by atoms with E-state index in [1.54, 1.807) is 30.3 Å². The molecule has 1 amide bonds. The number of ketones is 2. The van der Waals surface area contributed by atoms with Crippen LogP contribution in [0.25, 0.3) is 6.08 Å². The number of ether oxygens (including phenoxy) is 2. The minimum absolute atomic E-state index is 0.234. The lowest BCUT2D eigenvalue weighted by Crippen LogP contribution is -2.51. The van der Waals surface area contributed by atoms with Crippen LogP contribution in [0.15, 0.2) is 97.1 Å². The first kappa shape index (κ1) is 26.7. The van der Waals surface area contributed by atoms with Crippen LogP contribution >= 0.6 is 0 Å². The SMILES string of the molecule is COc1ccc(OC)c(C(=O)[C@@H]2[C@H](C(=O)c3ccccc3)N3c4cc(C)ccc4C=C[C@H]3[C@]23C(=O)Nc2ccccc23)c1. The summed E-state index contributed by atoms with van der Waals surface area (Å²) in [5.74, 6) is -1.21. The van der Waals surface area contributed by atoms with Crippen LogP contribution in [0.3, 0.4) is 0 Å². The number of anilines is 2. The highest BCUT2D eigenvalue weighted by Crippen LogP contribution is 2.58. The van der Waals surface area contributed by atoms with E-state index in [4.69, 9.17) is 9.47 Å². The summed E-state index contributed by atoms with van der Waals surface area (Å²) in [5, 5.41) is 3.07. The van der Waals surface area contributed by atoms with Gasteiger partial charge >= 0.3 is 0 Å². The Labute approximate surface area is 249 Å². The second-order valence-electron chi connectivity index (χ2n) is 11.2. The number of rotatable bonds is 6. The lowest BCUT2D eigenvalue weighted by atomic mass is 9.64. The Morgan fingerprint density at radius 2 is 1.63 bits per heavy atom. The van der Waals surface area contributed by atoms with Gasteiger partial charge in [0.2, 0.25) is 5.91 Å². The Balaban J connectivity index is 1.56. The van der Waals surface area contributed by atoms with Crippen molar-refractivity contribution < 1.29 is 23.9 Å². The molecule has 3 heterocycles. The number of nitrogens with zero attached hydrogens (tertiary/aromatic N) is 1. The molecule has 0 aromatic heterocycles. The highest BCUT2D eigenvalue weighted by atomic mass is 16.5. The second kappa shape index (κ2) is 9.98. The highest BCUT2D eigenvalue weighted by Gasteiger charge is 2.70. The maximum Gasteiger partial charge on any atom is 0.238 e.